The summed E-state index contributed by atoms with van der Waals surface area (Å²) < 4.78 is 1.59. The predicted molar refractivity (Wildman–Crippen MR) is 122 cm³/mol. The van der Waals surface area contributed by atoms with Gasteiger partial charge in [0.2, 0.25) is 5.91 Å². The number of thioether (sulfide) groups is 1. The summed E-state index contributed by atoms with van der Waals surface area (Å²) in [6.45, 7) is 12.1. The minimum Gasteiger partial charge on any atom is -0.349 e. The zero-order valence-electron chi connectivity index (χ0n) is 17.1. The van der Waals surface area contributed by atoms with E-state index in [0.717, 1.165) is 26.4 Å². The van der Waals surface area contributed by atoms with Crippen molar-refractivity contribution in [1.29, 1.82) is 0 Å². The third kappa shape index (κ3) is 4.46. The fourth-order valence-electron chi connectivity index (χ4n) is 3.27. The van der Waals surface area contributed by atoms with Gasteiger partial charge in [-0.1, -0.05) is 42.1 Å². The lowest BCUT2D eigenvalue weighted by Crippen LogP contribution is -2.29. The van der Waals surface area contributed by atoms with Gasteiger partial charge in [0.15, 0.2) is 5.16 Å². The Morgan fingerprint density at radius 2 is 2.07 bits per heavy atom. The molecule has 1 aromatic carbocycles. The fraction of sp³-hybridized carbons (Fsp3) is 0.318. The van der Waals surface area contributed by atoms with Crippen LogP contribution in [0.1, 0.15) is 34.5 Å². The Hall–Kier alpha value is -2.38. The lowest BCUT2D eigenvalue weighted by molar-refractivity contribution is -0.119. The Labute approximate surface area is 178 Å². The molecule has 1 amide bonds. The summed E-state index contributed by atoms with van der Waals surface area (Å²) in [7, 11) is 0. The van der Waals surface area contributed by atoms with Gasteiger partial charge in [-0.2, -0.15) is 0 Å². The van der Waals surface area contributed by atoms with Crippen molar-refractivity contribution in [2.24, 2.45) is 0 Å². The van der Waals surface area contributed by atoms with Crippen molar-refractivity contribution in [3.05, 3.63) is 68.8 Å². The Balaban J connectivity index is 1.80. The van der Waals surface area contributed by atoms with Crippen molar-refractivity contribution in [2.45, 2.75) is 45.4 Å². The molecule has 5 nitrogen and oxygen atoms in total. The number of fused-ring (bicyclic) bond motifs is 1. The van der Waals surface area contributed by atoms with Gasteiger partial charge < -0.3 is 5.32 Å². The summed E-state index contributed by atoms with van der Waals surface area (Å²) in [5.74, 6) is 0.0954. The van der Waals surface area contributed by atoms with E-state index in [4.69, 9.17) is 0 Å². The summed E-state index contributed by atoms with van der Waals surface area (Å²) >= 11 is 2.79. The summed E-state index contributed by atoms with van der Waals surface area (Å²) in [6, 6.07) is 7.92. The van der Waals surface area contributed by atoms with E-state index in [-0.39, 0.29) is 23.3 Å². The number of amides is 1. The summed E-state index contributed by atoms with van der Waals surface area (Å²) in [6.07, 6.45) is 1.67. The fourth-order valence-corrected chi connectivity index (χ4v) is 5.16. The molecule has 0 radical (unpaired) electrons. The van der Waals surface area contributed by atoms with Crippen LogP contribution in [-0.4, -0.2) is 21.2 Å². The van der Waals surface area contributed by atoms with E-state index >= 15 is 0 Å². The summed E-state index contributed by atoms with van der Waals surface area (Å²) in [4.78, 5) is 32.0. The molecule has 0 saturated carbocycles. The van der Waals surface area contributed by atoms with Gasteiger partial charge in [-0.25, -0.2) is 4.98 Å². The van der Waals surface area contributed by atoms with Crippen LogP contribution in [0.25, 0.3) is 10.2 Å². The largest absolute Gasteiger partial charge is 0.349 e. The summed E-state index contributed by atoms with van der Waals surface area (Å²) in [5, 5.41) is 4.24. The average Bonchev–Trinajstić information content (AvgIpc) is 2.97. The molecule has 1 atom stereocenters. The molecule has 0 aliphatic heterocycles. The van der Waals surface area contributed by atoms with Crippen molar-refractivity contribution in [1.82, 2.24) is 14.9 Å². The van der Waals surface area contributed by atoms with Crippen LogP contribution < -0.4 is 10.9 Å². The van der Waals surface area contributed by atoms with E-state index in [0.29, 0.717) is 17.1 Å². The van der Waals surface area contributed by atoms with Gasteiger partial charge in [0.05, 0.1) is 17.2 Å². The highest BCUT2D eigenvalue weighted by atomic mass is 32.2. The van der Waals surface area contributed by atoms with E-state index in [1.54, 1.807) is 10.6 Å². The molecule has 1 unspecified atom stereocenters. The molecule has 0 saturated heterocycles. The minimum absolute atomic E-state index is 0.0760. The molecular formula is C22H25N3O2S2. The first-order valence-electron chi connectivity index (χ1n) is 9.42. The molecule has 0 aliphatic carbocycles. The maximum Gasteiger partial charge on any atom is 0.263 e. The molecule has 2 heterocycles. The van der Waals surface area contributed by atoms with E-state index in [1.807, 2.05) is 52.0 Å². The van der Waals surface area contributed by atoms with Crippen LogP contribution >= 0.6 is 23.1 Å². The summed E-state index contributed by atoms with van der Waals surface area (Å²) in [5.41, 5.74) is 3.14. The molecule has 1 N–H and O–H groups in total. The molecule has 0 aliphatic rings. The second-order valence-corrected chi connectivity index (χ2v) is 9.14. The van der Waals surface area contributed by atoms with E-state index in [1.165, 1.54) is 23.1 Å². The number of hydrogen-bond acceptors (Lipinski definition) is 5. The number of carbonyl (C=O) groups is 1. The Kier molecular flexibility index (Phi) is 6.59. The van der Waals surface area contributed by atoms with Gasteiger partial charge in [0.25, 0.3) is 5.56 Å². The van der Waals surface area contributed by atoms with Crippen molar-refractivity contribution in [3.63, 3.8) is 0 Å². The molecule has 0 bridgehead atoms. The molecule has 0 spiro atoms. The molecule has 7 heteroatoms. The van der Waals surface area contributed by atoms with Gasteiger partial charge in [-0.05, 0) is 44.4 Å². The van der Waals surface area contributed by atoms with Gasteiger partial charge in [-0.3, -0.25) is 14.2 Å². The smallest absolute Gasteiger partial charge is 0.263 e. The normalized spacial score (nSPS) is 12.1. The highest BCUT2D eigenvalue weighted by molar-refractivity contribution is 7.99. The number of hydrogen-bond donors (Lipinski definition) is 1. The number of nitrogens with zero attached hydrogens (tertiary/aromatic N) is 2. The maximum atomic E-state index is 13.0. The maximum absolute atomic E-state index is 13.0. The van der Waals surface area contributed by atoms with Crippen LogP contribution in [0.4, 0.5) is 0 Å². The number of allylic oxidation sites excluding steroid dienone is 1. The number of carbonyl (C=O) groups excluding carboxylic acids is 1. The van der Waals surface area contributed by atoms with Crippen molar-refractivity contribution >= 4 is 39.2 Å². The number of benzene rings is 1. The number of rotatable bonds is 7. The minimum atomic E-state index is -0.0937. The van der Waals surface area contributed by atoms with E-state index in [9.17, 15) is 9.59 Å². The molecule has 0 fully saturated rings. The van der Waals surface area contributed by atoms with Crippen LogP contribution in [-0.2, 0) is 11.3 Å². The first-order chi connectivity index (χ1) is 13.8. The van der Waals surface area contributed by atoms with Crippen LogP contribution in [0, 0.1) is 20.8 Å². The van der Waals surface area contributed by atoms with Crippen LogP contribution in [0.2, 0.25) is 0 Å². The third-order valence-electron chi connectivity index (χ3n) is 4.93. The monoisotopic (exact) mass is 427 g/mol. The lowest BCUT2D eigenvalue weighted by Gasteiger charge is -2.16. The Bertz CT molecular complexity index is 1130. The number of aryl methyl sites for hydroxylation is 3. The van der Waals surface area contributed by atoms with Crippen molar-refractivity contribution < 1.29 is 4.79 Å². The van der Waals surface area contributed by atoms with Crippen LogP contribution in [0.3, 0.4) is 0 Å². The second-order valence-electron chi connectivity index (χ2n) is 7.00. The highest BCUT2D eigenvalue weighted by Crippen LogP contribution is 2.28. The molecule has 152 valence electrons. The van der Waals surface area contributed by atoms with Crippen LogP contribution in [0.5, 0.6) is 0 Å². The van der Waals surface area contributed by atoms with Gasteiger partial charge in [0, 0.05) is 11.4 Å². The standard InChI is InChI=1S/C22H25N3O2S2/c1-6-11-25-21(27)19-14(3)16(5)29-20(19)24-22(25)28-12-18(26)23-15(4)17-10-8-7-9-13(17)2/h6-10,15H,1,11-12H2,2-5H3,(H,23,26). The number of nitrogens with one attached hydrogen (secondary N) is 1. The van der Waals surface area contributed by atoms with Gasteiger partial charge in [-0.15, -0.1) is 17.9 Å². The number of thiophene rings is 1. The zero-order chi connectivity index (χ0) is 21.1. The Morgan fingerprint density at radius 1 is 1.34 bits per heavy atom. The predicted octanol–water partition coefficient (Wildman–Crippen LogP) is 4.54. The van der Waals surface area contributed by atoms with Crippen LogP contribution in [0.15, 0.2) is 46.9 Å². The lowest BCUT2D eigenvalue weighted by atomic mass is 10.0. The van der Waals surface area contributed by atoms with Gasteiger partial charge in [0.1, 0.15) is 4.83 Å². The SMILES string of the molecule is C=CCn1c(SCC(=O)NC(C)c2ccccc2C)nc2sc(C)c(C)c2c1=O. The molecule has 2 aromatic heterocycles. The Morgan fingerprint density at radius 3 is 2.76 bits per heavy atom. The molecule has 3 aromatic rings. The van der Waals surface area contributed by atoms with E-state index < -0.39 is 0 Å². The quantitative estimate of drug-likeness (QED) is 0.342. The third-order valence-corrected chi connectivity index (χ3v) is 7.01. The second kappa shape index (κ2) is 8.97. The first kappa shape index (κ1) is 21.3. The van der Waals surface area contributed by atoms with Crippen molar-refractivity contribution in [3.8, 4) is 0 Å². The average molecular weight is 428 g/mol. The molecule has 29 heavy (non-hydrogen) atoms. The van der Waals surface area contributed by atoms with Crippen molar-refractivity contribution in [2.75, 3.05) is 5.75 Å². The van der Waals surface area contributed by atoms with Gasteiger partial charge >= 0.3 is 0 Å². The molecular weight excluding hydrogens is 402 g/mol. The molecule has 3 rings (SSSR count). The zero-order valence-corrected chi connectivity index (χ0v) is 18.7. The van der Waals surface area contributed by atoms with E-state index in [2.05, 4.69) is 16.9 Å². The highest BCUT2D eigenvalue weighted by Gasteiger charge is 2.18. The topological polar surface area (TPSA) is 64.0 Å². The first-order valence-corrected chi connectivity index (χ1v) is 11.2. The number of aromatic nitrogens is 2.